The minimum absolute atomic E-state index is 0. The van der Waals surface area contributed by atoms with Gasteiger partial charge < -0.3 is 15.1 Å². The average Bonchev–Trinajstić information content (AvgIpc) is 3.02. The molecule has 2 rings (SSSR count). The molecule has 1 aliphatic rings. The summed E-state index contributed by atoms with van der Waals surface area (Å²) >= 11 is 1.82. The van der Waals surface area contributed by atoms with E-state index in [-0.39, 0.29) is 24.0 Å². The first-order valence-corrected chi connectivity index (χ1v) is 8.08. The van der Waals surface area contributed by atoms with Crippen LogP contribution in [0.4, 0.5) is 5.00 Å². The van der Waals surface area contributed by atoms with Crippen molar-refractivity contribution in [3.63, 3.8) is 0 Å². The molecule has 1 aliphatic heterocycles. The fourth-order valence-electron chi connectivity index (χ4n) is 2.35. The van der Waals surface area contributed by atoms with E-state index >= 15 is 0 Å². The highest BCUT2D eigenvalue weighted by Crippen LogP contribution is 2.22. The second kappa shape index (κ2) is 10.0. The number of nitrogens with one attached hydrogen (secondary N) is 1. The van der Waals surface area contributed by atoms with E-state index in [0.717, 1.165) is 45.1 Å². The van der Waals surface area contributed by atoms with Crippen LogP contribution in [0.1, 0.15) is 13.3 Å². The number of hydrogen-bond donors (Lipinski definition) is 1. The van der Waals surface area contributed by atoms with E-state index in [4.69, 9.17) is 0 Å². The first-order valence-electron chi connectivity index (χ1n) is 7.20. The molecule has 0 aromatic carbocycles. The molecule has 21 heavy (non-hydrogen) atoms. The van der Waals surface area contributed by atoms with E-state index in [1.807, 2.05) is 18.4 Å². The molecule has 1 N–H and O–H groups in total. The third-order valence-corrected chi connectivity index (χ3v) is 4.37. The topological polar surface area (TPSA) is 30.9 Å². The third kappa shape index (κ3) is 5.50. The largest absolute Gasteiger partial charge is 0.360 e. The molecule has 1 aromatic heterocycles. The van der Waals surface area contributed by atoms with Gasteiger partial charge in [0.2, 0.25) is 0 Å². The number of piperazine rings is 1. The van der Waals surface area contributed by atoms with Crippen LogP contribution in [0.25, 0.3) is 0 Å². The molecule has 4 nitrogen and oxygen atoms in total. The quantitative estimate of drug-likeness (QED) is 0.267. The highest BCUT2D eigenvalue weighted by Gasteiger charge is 2.19. The number of allylic oxidation sites excluding steroid dienone is 1. The Kier molecular flexibility index (Phi) is 8.75. The summed E-state index contributed by atoms with van der Waals surface area (Å²) < 4.78 is 0. The van der Waals surface area contributed by atoms with E-state index in [9.17, 15) is 0 Å². The first kappa shape index (κ1) is 18.3. The van der Waals surface area contributed by atoms with Crippen LogP contribution in [0.5, 0.6) is 0 Å². The molecule has 1 saturated heterocycles. The molecule has 0 saturated carbocycles. The van der Waals surface area contributed by atoms with Crippen molar-refractivity contribution in [3.8, 4) is 0 Å². The van der Waals surface area contributed by atoms with Crippen LogP contribution >= 0.6 is 35.3 Å². The standard InChI is InChI=1S/C15H24N4S.HI/c1-3-4-5-8-17-15(16-2)19-11-9-18(10-12-19)14-7-6-13-20-14;/h3-4,6-7,13H,5,8-12H2,1-2H3,(H,16,17);1H/b4-3+;. The number of anilines is 1. The maximum atomic E-state index is 4.39. The molecule has 0 amide bonds. The van der Waals surface area contributed by atoms with E-state index in [0.29, 0.717) is 0 Å². The highest BCUT2D eigenvalue weighted by atomic mass is 127. The van der Waals surface area contributed by atoms with Crippen molar-refractivity contribution in [2.45, 2.75) is 13.3 Å². The summed E-state index contributed by atoms with van der Waals surface area (Å²) in [4.78, 5) is 9.19. The molecule has 0 aliphatic carbocycles. The van der Waals surface area contributed by atoms with Gasteiger partial charge in [-0.2, -0.15) is 0 Å². The summed E-state index contributed by atoms with van der Waals surface area (Å²) in [6.45, 7) is 7.19. The van der Waals surface area contributed by atoms with Gasteiger partial charge in [0.15, 0.2) is 5.96 Å². The summed E-state index contributed by atoms with van der Waals surface area (Å²) in [5, 5.41) is 6.95. The monoisotopic (exact) mass is 420 g/mol. The Hall–Kier alpha value is -0.760. The van der Waals surface area contributed by atoms with Gasteiger partial charge in [0.1, 0.15) is 0 Å². The Morgan fingerprint density at radius 3 is 2.71 bits per heavy atom. The van der Waals surface area contributed by atoms with Crippen molar-refractivity contribution in [1.82, 2.24) is 10.2 Å². The molecule has 0 atom stereocenters. The minimum Gasteiger partial charge on any atom is -0.360 e. The normalized spacial score (nSPS) is 16.2. The van der Waals surface area contributed by atoms with Crippen LogP contribution in [-0.2, 0) is 0 Å². The molecule has 118 valence electrons. The van der Waals surface area contributed by atoms with Crippen LogP contribution in [0, 0.1) is 0 Å². The molecule has 0 radical (unpaired) electrons. The number of thiophene rings is 1. The predicted octanol–water partition coefficient (Wildman–Crippen LogP) is 3.03. The summed E-state index contributed by atoms with van der Waals surface area (Å²) in [6.07, 6.45) is 5.31. The van der Waals surface area contributed by atoms with Gasteiger partial charge in [0.05, 0.1) is 5.00 Å². The predicted molar refractivity (Wildman–Crippen MR) is 104 cm³/mol. The van der Waals surface area contributed by atoms with Crippen LogP contribution in [0.2, 0.25) is 0 Å². The zero-order valence-electron chi connectivity index (χ0n) is 12.8. The lowest BCUT2D eigenvalue weighted by atomic mass is 10.3. The van der Waals surface area contributed by atoms with Crippen LogP contribution in [0.3, 0.4) is 0 Å². The third-order valence-electron chi connectivity index (χ3n) is 3.44. The number of hydrogen-bond acceptors (Lipinski definition) is 3. The van der Waals surface area contributed by atoms with Gasteiger partial charge in [-0.3, -0.25) is 4.99 Å². The minimum atomic E-state index is 0. The molecule has 1 aromatic rings. The van der Waals surface area contributed by atoms with Crippen LogP contribution < -0.4 is 10.2 Å². The van der Waals surface area contributed by atoms with Crippen molar-refractivity contribution in [2.75, 3.05) is 44.7 Å². The maximum Gasteiger partial charge on any atom is 0.193 e. The van der Waals surface area contributed by atoms with Gasteiger partial charge in [-0.15, -0.1) is 35.3 Å². The molecule has 6 heteroatoms. The lowest BCUT2D eigenvalue weighted by Gasteiger charge is -2.37. The van der Waals surface area contributed by atoms with Crippen molar-refractivity contribution >= 4 is 46.3 Å². The molecule has 2 heterocycles. The molecular weight excluding hydrogens is 395 g/mol. The van der Waals surface area contributed by atoms with Crippen molar-refractivity contribution in [1.29, 1.82) is 0 Å². The van der Waals surface area contributed by atoms with Gasteiger partial charge in [-0.25, -0.2) is 0 Å². The number of nitrogens with zero attached hydrogens (tertiary/aromatic N) is 3. The van der Waals surface area contributed by atoms with E-state index < -0.39 is 0 Å². The Bertz CT molecular complexity index is 437. The lowest BCUT2D eigenvalue weighted by molar-refractivity contribution is 0.374. The lowest BCUT2D eigenvalue weighted by Crippen LogP contribution is -2.52. The Morgan fingerprint density at radius 1 is 1.38 bits per heavy atom. The number of aliphatic imine (C=N–C) groups is 1. The fraction of sp³-hybridized carbons (Fsp3) is 0.533. The average molecular weight is 420 g/mol. The smallest absolute Gasteiger partial charge is 0.193 e. The van der Waals surface area contributed by atoms with Crippen LogP contribution in [-0.4, -0.2) is 50.6 Å². The molecule has 1 fully saturated rings. The molecule has 0 bridgehead atoms. The zero-order chi connectivity index (χ0) is 14.2. The van der Waals surface area contributed by atoms with Crippen LogP contribution in [0.15, 0.2) is 34.7 Å². The Morgan fingerprint density at radius 2 is 2.14 bits per heavy atom. The van der Waals surface area contributed by atoms with Gasteiger partial charge in [-0.1, -0.05) is 12.2 Å². The number of halogens is 1. The fourth-order valence-corrected chi connectivity index (χ4v) is 3.14. The number of guanidine groups is 1. The second-order valence-electron chi connectivity index (χ2n) is 4.76. The molecular formula is C15H25IN4S. The molecule has 0 unspecified atom stereocenters. The first-order chi connectivity index (χ1) is 9.85. The van der Waals surface area contributed by atoms with Gasteiger partial charge in [0, 0.05) is 39.8 Å². The summed E-state index contributed by atoms with van der Waals surface area (Å²) in [5.74, 6) is 1.03. The van der Waals surface area contributed by atoms with Crippen molar-refractivity contribution < 1.29 is 0 Å². The number of rotatable bonds is 4. The Labute approximate surface area is 148 Å². The van der Waals surface area contributed by atoms with Gasteiger partial charge in [-0.05, 0) is 30.9 Å². The second-order valence-corrected chi connectivity index (χ2v) is 5.68. The summed E-state index contributed by atoms with van der Waals surface area (Å²) in [6, 6.07) is 4.32. The van der Waals surface area contributed by atoms with Gasteiger partial charge in [0.25, 0.3) is 0 Å². The summed E-state index contributed by atoms with van der Waals surface area (Å²) in [7, 11) is 1.86. The Balaban J connectivity index is 0.00000220. The van der Waals surface area contributed by atoms with E-state index in [2.05, 4.69) is 56.7 Å². The van der Waals surface area contributed by atoms with E-state index in [1.54, 1.807) is 0 Å². The van der Waals surface area contributed by atoms with E-state index in [1.165, 1.54) is 5.00 Å². The summed E-state index contributed by atoms with van der Waals surface area (Å²) in [5.41, 5.74) is 0. The van der Waals surface area contributed by atoms with Crippen molar-refractivity contribution in [3.05, 3.63) is 29.7 Å². The highest BCUT2D eigenvalue weighted by molar-refractivity contribution is 14.0. The SMILES string of the molecule is C/C=C/CCNC(=NC)N1CCN(c2cccs2)CC1.I. The van der Waals surface area contributed by atoms with Crippen molar-refractivity contribution in [2.24, 2.45) is 4.99 Å². The zero-order valence-corrected chi connectivity index (χ0v) is 15.9. The maximum absolute atomic E-state index is 4.39. The van der Waals surface area contributed by atoms with Gasteiger partial charge >= 0.3 is 0 Å². The molecule has 0 spiro atoms.